The lowest BCUT2D eigenvalue weighted by Gasteiger charge is -2.21. The summed E-state index contributed by atoms with van der Waals surface area (Å²) in [5.74, 6) is -0.735. The van der Waals surface area contributed by atoms with Crippen LogP contribution in [0, 0.1) is 0 Å². The molecule has 1 saturated heterocycles. The minimum atomic E-state index is -0.674. The number of imidazole rings is 1. The van der Waals surface area contributed by atoms with Gasteiger partial charge in [-0.1, -0.05) is 6.07 Å². The van der Waals surface area contributed by atoms with Crippen molar-refractivity contribution in [3.63, 3.8) is 0 Å². The summed E-state index contributed by atoms with van der Waals surface area (Å²) in [6, 6.07) is 5.11. The number of nitrogens with zero attached hydrogens (tertiary/aromatic N) is 2. The monoisotopic (exact) mass is 449 g/mol. The van der Waals surface area contributed by atoms with E-state index in [2.05, 4.69) is 5.32 Å². The van der Waals surface area contributed by atoms with E-state index in [0.717, 1.165) is 23.9 Å². The standard InChI is InChI=1S/C22H31N3O7/c1-24-19-15-16(3-2-9-30-11-13-32-14-12-31-10-8-26)4-5-17(19)25(22(24)29)18-6-7-20(27)23-21(18)28/h4-5,15,18,26H,2-3,6-14H2,1H3,(H,23,27,28). The highest BCUT2D eigenvalue weighted by molar-refractivity contribution is 6.00. The summed E-state index contributed by atoms with van der Waals surface area (Å²) in [6.07, 6.45) is 2.17. The predicted octanol–water partition coefficient (Wildman–Crippen LogP) is 0.292. The van der Waals surface area contributed by atoms with Crippen molar-refractivity contribution in [2.24, 2.45) is 7.05 Å². The van der Waals surface area contributed by atoms with Crippen molar-refractivity contribution in [2.75, 3.05) is 46.2 Å². The number of aliphatic hydroxyl groups is 1. The van der Waals surface area contributed by atoms with Crippen LogP contribution in [0.4, 0.5) is 0 Å². The Labute approximate surface area is 186 Å². The Morgan fingerprint density at radius 1 is 1.00 bits per heavy atom. The van der Waals surface area contributed by atoms with Crippen LogP contribution in [0.15, 0.2) is 23.0 Å². The highest BCUT2D eigenvalue weighted by Crippen LogP contribution is 2.24. The number of carbonyl (C=O) groups excluding carboxylic acids is 2. The summed E-state index contributed by atoms with van der Waals surface area (Å²) in [5.41, 5.74) is 2.26. The normalized spacial score (nSPS) is 16.6. The molecule has 2 aromatic rings. The Morgan fingerprint density at radius 3 is 2.38 bits per heavy atom. The van der Waals surface area contributed by atoms with E-state index in [-0.39, 0.29) is 24.6 Å². The number of nitrogens with one attached hydrogen (secondary N) is 1. The number of fused-ring (bicyclic) bond motifs is 1. The van der Waals surface area contributed by atoms with E-state index in [1.54, 1.807) is 11.6 Å². The summed E-state index contributed by atoms with van der Waals surface area (Å²) in [7, 11) is 1.69. The minimum Gasteiger partial charge on any atom is -0.394 e. The fraction of sp³-hybridized carbons (Fsp3) is 0.591. The van der Waals surface area contributed by atoms with E-state index in [1.807, 2.05) is 18.2 Å². The molecule has 1 aromatic carbocycles. The smallest absolute Gasteiger partial charge is 0.329 e. The van der Waals surface area contributed by atoms with E-state index >= 15 is 0 Å². The molecule has 0 radical (unpaired) electrons. The molecule has 1 unspecified atom stereocenters. The topological polar surface area (TPSA) is 121 Å². The molecule has 2 N–H and O–H groups in total. The number of aryl methyl sites for hydroxylation is 2. The van der Waals surface area contributed by atoms with Gasteiger partial charge < -0.3 is 19.3 Å². The molecule has 0 bridgehead atoms. The molecular weight excluding hydrogens is 418 g/mol. The molecule has 10 nitrogen and oxygen atoms in total. The van der Waals surface area contributed by atoms with Crippen LogP contribution in [0.2, 0.25) is 0 Å². The first-order valence-electron chi connectivity index (χ1n) is 10.9. The quantitative estimate of drug-likeness (QED) is 0.333. The van der Waals surface area contributed by atoms with E-state index < -0.39 is 11.9 Å². The van der Waals surface area contributed by atoms with E-state index in [0.29, 0.717) is 51.6 Å². The third-order valence-corrected chi connectivity index (χ3v) is 5.41. The first-order valence-corrected chi connectivity index (χ1v) is 10.9. The van der Waals surface area contributed by atoms with Gasteiger partial charge in [-0.05, 0) is 37.0 Å². The highest BCUT2D eigenvalue weighted by Gasteiger charge is 2.31. The van der Waals surface area contributed by atoms with Crippen LogP contribution in [0.5, 0.6) is 0 Å². The number of ether oxygens (including phenoxy) is 3. The lowest BCUT2D eigenvalue weighted by molar-refractivity contribution is -0.135. The third kappa shape index (κ3) is 6.04. The zero-order valence-corrected chi connectivity index (χ0v) is 18.4. The first-order chi connectivity index (χ1) is 15.5. The maximum atomic E-state index is 12.8. The van der Waals surface area contributed by atoms with Gasteiger partial charge in [0.15, 0.2) is 0 Å². The molecule has 1 aliphatic rings. The molecule has 2 amide bonds. The second kappa shape index (κ2) is 11.9. The van der Waals surface area contributed by atoms with Crippen molar-refractivity contribution in [1.29, 1.82) is 0 Å². The van der Waals surface area contributed by atoms with Crippen molar-refractivity contribution >= 4 is 22.8 Å². The summed E-state index contributed by atoms with van der Waals surface area (Å²) in [5, 5.41) is 10.9. The van der Waals surface area contributed by atoms with Crippen molar-refractivity contribution < 1.29 is 28.9 Å². The molecule has 176 valence electrons. The number of piperidine rings is 1. The number of rotatable bonds is 13. The van der Waals surface area contributed by atoms with Crippen LogP contribution in [0.3, 0.4) is 0 Å². The van der Waals surface area contributed by atoms with Gasteiger partial charge in [0.1, 0.15) is 6.04 Å². The molecule has 0 spiro atoms. The predicted molar refractivity (Wildman–Crippen MR) is 116 cm³/mol. The Hall–Kier alpha value is -2.53. The van der Waals surface area contributed by atoms with Gasteiger partial charge in [-0.2, -0.15) is 0 Å². The lowest BCUT2D eigenvalue weighted by atomic mass is 10.1. The van der Waals surface area contributed by atoms with E-state index in [4.69, 9.17) is 19.3 Å². The average Bonchev–Trinajstić information content (AvgIpc) is 3.02. The molecule has 1 aromatic heterocycles. The van der Waals surface area contributed by atoms with Crippen LogP contribution in [-0.2, 0) is 37.3 Å². The van der Waals surface area contributed by atoms with Gasteiger partial charge in [0, 0.05) is 20.1 Å². The number of amides is 2. The maximum Gasteiger partial charge on any atom is 0.329 e. The Kier molecular flexibility index (Phi) is 8.98. The molecule has 3 rings (SSSR count). The zero-order valence-electron chi connectivity index (χ0n) is 18.4. The van der Waals surface area contributed by atoms with Gasteiger partial charge in [-0.25, -0.2) is 4.79 Å². The van der Waals surface area contributed by atoms with Crippen molar-refractivity contribution in [3.8, 4) is 0 Å². The average molecular weight is 450 g/mol. The summed E-state index contributed by atoms with van der Waals surface area (Å²) < 4.78 is 19.1. The summed E-state index contributed by atoms with van der Waals surface area (Å²) >= 11 is 0. The van der Waals surface area contributed by atoms with Crippen molar-refractivity contribution in [3.05, 3.63) is 34.2 Å². The van der Waals surface area contributed by atoms with Gasteiger partial charge in [0.25, 0.3) is 0 Å². The number of aromatic nitrogens is 2. The first kappa shape index (κ1) is 24.1. The van der Waals surface area contributed by atoms with Crippen molar-refractivity contribution in [1.82, 2.24) is 14.5 Å². The van der Waals surface area contributed by atoms with Crippen LogP contribution in [-0.4, -0.2) is 72.3 Å². The second-order valence-corrected chi connectivity index (χ2v) is 7.67. The van der Waals surface area contributed by atoms with Crippen LogP contribution >= 0.6 is 0 Å². The van der Waals surface area contributed by atoms with Gasteiger partial charge in [0.05, 0.1) is 50.7 Å². The van der Waals surface area contributed by atoms with Crippen molar-refractivity contribution in [2.45, 2.75) is 31.7 Å². The van der Waals surface area contributed by atoms with Gasteiger partial charge >= 0.3 is 5.69 Å². The molecule has 0 aliphatic carbocycles. The molecular formula is C22H31N3O7. The molecule has 32 heavy (non-hydrogen) atoms. The van der Waals surface area contributed by atoms with Crippen LogP contribution in [0.25, 0.3) is 11.0 Å². The molecule has 1 aliphatic heterocycles. The van der Waals surface area contributed by atoms with Gasteiger partial charge in [0.2, 0.25) is 11.8 Å². The van der Waals surface area contributed by atoms with E-state index in [9.17, 15) is 14.4 Å². The molecule has 2 heterocycles. The number of hydrogen-bond acceptors (Lipinski definition) is 7. The van der Waals surface area contributed by atoms with Crippen LogP contribution in [0.1, 0.15) is 30.9 Å². The number of carbonyl (C=O) groups is 2. The molecule has 1 fully saturated rings. The number of benzene rings is 1. The molecule has 1 atom stereocenters. The largest absolute Gasteiger partial charge is 0.394 e. The minimum absolute atomic E-state index is 0.0119. The second-order valence-electron chi connectivity index (χ2n) is 7.67. The lowest BCUT2D eigenvalue weighted by Crippen LogP contribution is -2.44. The third-order valence-electron chi connectivity index (χ3n) is 5.41. The summed E-state index contributed by atoms with van der Waals surface area (Å²) in [6.45, 7) is 2.85. The Morgan fingerprint density at radius 2 is 1.69 bits per heavy atom. The molecule has 0 saturated carbocycles. The fourth-order valence-corrected chi connectivity index (χ4v) is 3.78. The number of imide groups is 1. The molecule has 10 heteroatoms. The van der Waals surface area contributed by atoms with Gasteiger partial charge in [-0.15, -0.1) is 0 Å². The fourth-order valence-electron chi connectivity index (χ4n) is 3.78. The maximum absolute atomic E-state index is 12.8. The summed E-state index contributed by atoms with van der Waals surface area (Å²) in [4.78, 5) is 36.5. The zero-order chi connectivity index (χ0) is 22.9. The SMILES string of the molecule is Cn1c(=O)n(C2CCC(=O)NC2=O)c2ccc(CCCOCCOCCOCCO)cc21. The Bertz CT molecular complexity index is 982. The van der Waals surface area contributed by atoms with E-state index in [1.165, 1.54) is 4.57 Å². The Balaban J connectivity index is 1.49. The van der Waals surface area contributed by atoms with Gasteiger partial charge in [-0.3, -0.25) is 24.0 Å². The number of hydrogen-bond donors (Lipinski definition) is 2. The highest BCUT2D eigenvalue weighted by atomic mass is 16.5. The number of aliphatic hydroxyl groups excluding tert-OH is 1. The van der Waals surface area contributed by atoms with Crippen LogP contribution < -0.4 is 11.0 Å².